The molecule has 0 unspecified atom stereocenters. The molecule has 2 aromatic carbocycles. The maximum atomic E-state index is 13.7. The van der Waals surface area contributed by atoms with Gasteiger partial charge in [0.05, 0.1) is 0 Å². The van der Waals surface area contributed by atoms with Crippen LogP contribution in [0, 0.1) is 5.82 Å². The number of nitrogens with zero attached hydrogens (tertiary/aromatic N) is 2. The summed E-state index contributed by atoms with van der Waals surface area (Å²) in [5.74, 6) is -0.708. The van der Waals surface area contributed by atoms with Gasteiger partial charge in [-0.1, -0.05) is 42.5 Å². The van der Waals surface area contributed by atoms with Crippen molar-refractivity contribution in [1.29, 1.82) is 0 Å². The molecule has 4 aromatic rings. The van der Waals surface area contributed by atoms with Gasteiger partial charge in [0.25, 0.3) is 5.91 Å². The van der Waals surface area contributed by atoms with Crippen LogP contribution in [-0.4, -0.2) is 21.1 Å². The Morgan fingerprint density at radius 1 is 0.966 bits per heavy atom. The molecular weight excluding hydrogens is 369 g/mol. The van der Waals surface area contributed by atoms with E-state index in [9.17, 15) is 14.0 Å². The molecule has 0 fully saturated rings. The summed E-state index contributed by atoms with van der Waals surface area (Å²) >= 11 is 0. The van der Waals surface area contributed by atoms with Crippen molar-refractivity contribution in [1.82, 2.24) is 14.7 Å². The number of hydrogen-bond donors (Lipinski definition) is 1. The molecule has 0 aliphatic heterocycles. The predicted octanol–water partition coefficient (Wildman–Crippen LogP) is 4.27. The first-order chi connectivity index (χ1) is 14.0. The first kappa shape index (κ1) is 18.6. The van der Waals surface area contributed by atoms with Gasteiger partial charge in [-0.05, 0) is 36.2 Å². The molecule has 144 valence electrons. The van der Waals surface area contributed by atoms with Gasteiger partial charge in [-0.25, -0.2) is 9.37 Å². The molecule has 1 N–H and O–H groups in total. The van der Waals surface area contributed by atoms with Crippen LogP contribution in [0.15, 0.2) is 73.1 Å². The van der Waals surface area contributed by atoms with Gasteiger partial charge in [0.2, 0.25) is 0 Å². The number of nitrogens with one attached hydrogen (secondary N) is 1. The van der Waals surface area contributed by atoms with Crippen molar-refractivity contribution in [2.75, 3.05) is 0 Å². The number of carbonyl (C=O) groups excluding carboxylic acids is 2. The van der Waals surface area contributed by atoms with Gasteiger partial charge in [0.1, 0.15) is 17.2 Å². The van der Waals surface area contributed by atoms with Crippen LogP contribution in [-0.2, 0) is 6.54 Å². The highest BCUT2D eigenvalue weighted by Gasteiger charge is 2.12. The molecule has 4 rings (SSSR count). The molecule has 0 aliphatic carbocycles. The fourth-order valence-electron chi connectivity index (χ4n) is 3.08. The van der Waals surface area contributed by atoms with Crippen LogP contribution in [0.1, 0.15) is 33.3 Å². The number of hydrogen-bond acceptors (Lipinski definition) is 3. The third-order valence-corrected chi connectivity index (χ3v) is 4.71. The summed E-state index contributed by atoms with van der Waals surface area (Å²) in [5, 5.41) is 2.69. The number of rotatable bonds is 5. The molecule has 29 heavy (non-hydrogen) atoms. The number of ketones is 1. The second-order valence-corrected chi connectivity index (χ2v) is 6.72. The van der Waals surface area contributed by atoms with E-state index < -0.39 is 0 Å². The summed E-state index contributed by atoms with van der Waals surface area (Å²) < 4.78 is 15.5. The fraction of sp³-hybridized carbons (Fsp3) is 0.0870. The average molecular weight is 387 g/mol. The molecule has 1 amide bonds. The second kappa shape index (κ2) is 7.67. The highest BCUT2D eigenvalue weighted by atomic mass is 19.1. The molecular formula is C23H18FN3O2. The Morgan fingerprint density at radius 3 is 2.41 bits per heavy atom. The summed E-state index contributed by atoms with van der Waals surface area (Å²) in [6.07, 6.45) is 3.51. The lowest BCUT2D eigenvalue weighted by Crippen LogP contribution is -2.23. The Kier molecular flexibility index (Phi) is 4.91. The van der Waals surface area contributed by atoms with Crippen molar-refractivity contribution in [2.45, 2.75) is 13.5 Å². The van der Waals surface area contributed by atoms with Gasteiger partial charge in [0, 0.05) is 30.1 Å². The van der Waals surface area contributed by atoms with Crippen LogP contribution in [0.5, 0.6) is 0 Å². The Hall–Kier alpha value is -3.80. The van der Waals surface area contributed by atoms with Gasteiger partial charge >= 0.3 is 0 Å². The molecule has 0 saturated heterocycles. The number of halogens is 1. The van der Waals surface area contributed by atoms with E-state index in [0.29, 0.717) is 16.8 Å². The zero-order chi connectivity index (χ0) is 20.4. The summed E-state index contributed by atoms with van der Waals surface area (Å²) in [5.41, 5.74) is 3.85. The number of fused-ring (bicyclic) bond motifs is 1. The summed E-state index contributed by atoms with van der Waals surface area (Å²) in [7, 11) is 0. The minimum atomic E-state index is -0.371. The highest BCUT2D eigenvalue weighted by Crippen LogP contribution is 2.21. The Balaban J connectivity index is 1.54. The van der Waals surface area contributed by atoms with E-state index in [4.69, 9.17) is 0 Å². The topological polar surface area (TPSA) is 63.5 Å². The second-order valence-electron chi connectivity index (χ2n) is 6.72. The molecule has 0 atom stereocenters. The summed E-state index contributed by atoms with van der Waals surface area (Å²) in [6, 6.07) is 17.4. The fourth-order valence-corrected chi connectivity index (χ4v) is 3.08. The van der Waals surface area contributed by atoms with Crippen LogP contribution in [0.2, 0.25) is 0 Å². The Bertz CT molecular complexity index is 1210. The van der Waals surface area contributed by atoms with Crippen molar-refractivity contribution in [2.24, 2.45) is 0 Å². The van der Waals surface area contributed by atoms with Crippen LogP contribution in [0.25, 0.3) is 16.8 Å². The van der Waals surface area contributed by atoms with Crippen LogP contribution in [0.4, 0.5) is 4.39 Å². The number of Topliss-reactive ketones (excluding diaryl/α,β-unsaturated/α-hetero) is 1. The lowest BCUT2D eigenvalue weighted by molar-refractivity contribution is 0.0945. The number of benzene rings is 2. The maximum absolute atomic E-state index is 13.7. The van der Waals surface area contributed by atoms with Crippen molar-refractivity contribution in [3.05, 3.63) is 95.7 Å². The van der Waals surface area contributed by atoms with Gasteiger partial charge < -0.3 is 9.72 Å². The van der Waals surface area contributed by atoms with Gasteiger partial charge in [-0.2, -0.15) is 0 Å². The number of amides is 1. The lowest BCUT2D eigenvalue weighted by atomic mass is 10.0. The average Bonchev–Trinajstić information content (AvgIpc) is 3.16. The molecule has 0 aliphatic rings. The molecule has 0 radical (unpaired) electrons. The first-order valence-corrected chi connectivity index (χ1v) is 9.13. The third-order valence-electron chi connectivity index (χ3n) is 4.71. The van der Waals surface area contributed by atoms with E-state index in [2.05, 4.69) is 10.3 Å². The minimum absolute atomic E-state index is 0.0210. The molecule has 6 heteroatoms. The summed E-state index contributed by atoms with van der Waals surface area (Å²) in [4.78, 5) is 28.2. The quantitative estimate of drug-likeness (QED) is 0.520. The number of aromatic nitrogens is 2. The Labute approximate surface area is 166 Å². The SMILES string of the molecule is CC(=O)c1ccc(-c2ccc3nc(C(=O)NCc4ccccc4F)cn3c2)cc1. The van der Waals surface area contributed by atoms with E-state index in [1.54, 1.807) is 40.9 Å². The smallest absolute Gasteiger partial charge is 0.271 e. The van der Waals surface area contributed by atoms with E-state index in [1.807, 2.05) is 30.5 Å². The molecule has 0 bridgehead atoms. The monoisotopic (exact) mass is 387 g/mol. The molecule has 5 nitrogen and oxygen atoms in total. The van der Waals surface area contributed by atoms with Gasteiger partial charge in [-0.15, -0.1) is 0 Å². The normalized spacial score (nSPS) is 10.8. The Morgan fingerprint density at radius 2 is 1.69 bits per heavy atom. The molecule has 0 spiro atoms. The van der Waals surface area contributed by atoms with Crippen LogP contribution < -0.4 is 5.32 Å². The minimum Gasteiger partial charge on any atom is -0.346 e. The summed E-state index contributed by atoms with van der Waals surface area (Å²) in [6.45, 7) is 1.62. The van der Waals surface area contributed by atoms with E-state index >= 15 is 0 Å². The van der Waals surface area contributed by atoms with Crippen molar-refractivity contribution < 1.29 is 14.0 Å². The lowest BCUT2D eigenvalue weighted by Gasteiger charge is -2.04. The predicted molar refractivity (Wildman–Crippen MR) is 108 cm³/mol. The molecule has 2 aromatic heterocycles. The largest absolute Gasteiger partial charge is 0.346 e. The van der Waals surface area contributed by atoms with Crippen LogP contribution >= 0.6 is 0 Å². The molecule has 0 saturated carbocycles. The number of pyridine rings is 1. The zero-order valence-corrected chi connectivity index (χ0v) is 15.7. The van der Waals surface area contributed by atoms with E-state index in [1.165, 1.54) is 13.0 Å². The standard InChI is InChI=1S/C23H18FN3O2/c1-15(28)16-6-8-17(9-7-16)19-10-11-22-26-21(14-27(22)13-19)23(29)25-12-18-4-2-3-5-20(18)24/h2-11,13-14H,12H2,1H3,(H,25,29). The van der Waals surface area contributed by atoms with Gasteiger partial charge in [-0.3, -0.25) is 9.59 Å². The van der Waals surface area contributed by atoms with Crippen molar-refractivity contribution in [3.8, 4) is 11.1 Å². The third kappa shape index (κ3) is 3.91. The van der Waals surface area contributed by atoms with Crippen molar-refractivity contribution in [3.63, 3.8) is 0 Å². The van der Waals surface area contributed by atoms with Gasteiger partial charge in [0.15, 0.2) is 5.78 Å². The van der Waals surface area contributed by atoms with Crippen LogP contribution in [0.3, 0.4) is 0 Å². The van der Waals surface area contributed by atoms with E-state index in [-0.39, 0.29) is 29.7 Å². The zero-order valence-electron chi connectivity index (χ0n) is 15.7. The van der Waals surface area contributed by atoms with Crippen molar-refractivity contribution >= 4 is 17.3 Å². The first-order valence-electron chi connectivity index (χ1n) is 9.13. The number of imidazole rings is 1. The maximum Gasteiger partial charge on any atom is 0.271 e. The highest BCUT2D eigenvalue weighted by molar-refractivity contribution is 5.94. The number of carbonyl (C=O) groups is 2. The molecule has 2 heterocycles. The van der Waals surface area contributed by atoms with E-state index in [0.717, 1.165) is 11.1 Å².